The van der Waals surface area contributed by atoms with Gasteiger partial charge in [0.05, 0.1) is 6.20 Å². The first-order valence-corrected chi connectivity index (χ1v) is 4.60. The topological polar surface area (TPSA) is 55.6 Å². The highest BCUT2D eigenvalue weighted by Gasteiger charge is 2.07. The summed E-state index contributed by atoms with van der Waals surface area (Å²) in [4.78, 5) is 12.8. The lowest BCUT2D eigenvalue weighted by Crippen LogP contribution is -2.08. The zero-order valence-electron chi connectivity index (χ0n) is 8.52. The SMILES string of the molecule is CNn1cnc2cnc(C(C)C)nc21. The van der Waals surface area contributed by atoms with E-state index in [4.69, 9.17) is 0 Å². The molecule has 0 radical (unpaired) electrons. The fraction of sp³-hybridized carbons (Fsp3) is 0.444. The highest BCUT2D eigenvalue weighted by Crippen LogP contribution is 2.12. The predicted molar refractivity (Wildman–Crippen MR) is 54.7 cm³/mol. The Labute approximate surface area is 82.2 Å². The maximum atomic E-state index is 4.43. The van der Waals surface area contributed by atoms with E-state index in [0.29, 0.717) is 5.92 Å². The van der Waals surface area contributed by atoms with E-state index >= 15 is 0 Å². The van der Waals surface area contributed by atoms with E-state index in [1.54, 1.807) is 17.2 Å². The van der Waals surface area contributed by atoms with Crippen molar-refractivity contribution in [1.29, 1.82) is 0 Å². The molecule has 5 heteroatoms. The molecule has 0 unspecified atom stereocenters. The van der Waals surface area contributed by atoms with Gasteiger partial charge in [-0.1, -0.05) is 13.8 Å². The zero-order chi connectivity index (χ0) is 10.1. The second-order valence-corrected chi connectivity index (χ2v) is 3.43. The predicted octanol–water partition coefficient (Wildman–Crippen LogP) is 1.12. The first-order valence-electron chi connectivity index (χ1n) is 4.60. The molecule has 0 spiro atoms. The van der Waals surface area contributed by atoms with Crippen molar-refractivity contribution in [3.63, 3.8) is 0 Å². The molecule has 1 N–H and O–H groups in total. The summed E-state index contributed by atoms with van der Waals surface area (Å²) >= 11 is 0. The van der Waals surface area contributed by atoms with Crippen molar-refractivity contribution in [2.75, 3.05) is 12.5 Å². The van der Waals surface area contributed by atoms with Crippen molar-refractivity contribution in [1.82, 2.24) is 19.6 Å². The second kappa shape index (κ2) is 3.25. The van der Waals surface area contributed by atoms with Crippen molar-refractivity contribution >= 4 is 11.2 Å². The van der Waals surface area contributed by atoms with Gasteiger partial charge in [0.25, 0.3) is 0 Å². The van der Waals surface area contributed by atoms with E-state index in [0.717, 1.165) is 17.0 Å². The molecule has 0 aliphatic carbocycles. The Hall–Kier alpha value is -1.65. The lowest BCUT2D eigenvalue weighted by atomic mass is 10.2. The number of aromatic nitrogens is 4. The Kier molecular flexibility index (Phi) is 2.07. The molecule has 0 aliphatic heterocycles. The van der Waals surface area contributed by atoms with Crippen LogP contribution in [0.2, 0.25) is 0 Å². The third-order valence-electron chi connectivity index (χ3n) is 2.07. The number of imidazole rings is 1. The minimum atomic E-state index is 0.333. The lowest BCUT2D eigenvalue weighted by molar-refractivity contribution is 0.776. The van der Waals surface area contributed by atoms with Crippen molar-refractivity contribution in [3.8, 4) is 0 Å². The minimum Gasteiger partial charge on any atom is -0.326 e. The van der Waals surface area contributed by atoms with E-state index in [1.807, 2.05) is 7.05 Å². The summed E-state index contributed by atoms with van der Waals surface area (Å²) in [5.74, 6) is 1.18. The molecule has 2 aromatic rings. The van der Waals surface area contributed by atoms with Gasteiger partial charge in [-0.3, -0.25) is 0 Å². The highest BCUT2D eigenvalue weighted by molar-refractivity contribution is 5.69. The van der Waals surface area contributed by atoms with Crippen LogP contribution in [0.25, 0.3) is 11.2 Å². The van der Waals surface area contributed by atoms with Crippen molar-refractivity contribution in [2.24, 2.45) is 0 Å². The average Bonchev–Trinajstić information content (AvgIpc) is 2.59. The summed E-state index contributed by atoms with van der Waals surface area (Å²) in [5.41, 5.74) is 4.61. The van der Waals surface area contributed by atoms with Crippen LogP contribution in [0.1, 0.15) is 25.6 Å². The molecule has 0 aliphatic rings. The Morgan fingerprint density at radius 2 is 2.14 bits per heavy atom. The van der Waals surface area contributed by atoms with E-state index < -0.39 is 0 Å². The summed E-state index contributed by atoms with van der Waals surface area (Å²) in [6, 6.07) is 0. The van der Waals surface area contributed by atoms with Crippen LogP contribution in [0.5, 0.6) is 0 Å². The quantitative estimate of drug-likeness (QED) is 0.773. The van der Waals surface area contributed by atoms with Crippen LogP contribution in [0.3, 0.4) is 0 Å². The van der Waals surface area contributed by atoms with Gasteiger partial charge in [-0.25, -0.2) is 19.6 Å². The molecule has 0 bridgehead atoms. The van der Waals surface area contributed by atoms with Gasteiger partial charge >= 0.3 is 0 Å². The minimum absolute atomic E-state index is 0.333. The number of hydrogen-bond acceptors (Lipinski definition) is 4. The third-order valence-corrected chi connectivity index (χ3v) is 2.07. The summed E-state index contributed by atoms with van der Waals surface area (Å²) < 4.78 is 1.78. The van der Waals surface area contributed by atoms with Crippen LogP contribution in [-0.2, 0) is 0 Å². The molecule has 0 atom stereocenters. The molecule has 2 heterocycles. The molecule has 0 saturated carbocycles. The van der Waals surface area contributed by atoms with Crippen LogP contribution >= 0.6 is 0 Å². The normalized spacial score (nSPS) is 11.1. The molecule has 5 nitrogen and oxygen atoms in total. The molecular formula is C9H13N5. The van der Waals surface area contributed by atoms with E-state index in [9.17, 15) is 0 Å². The maximum Gasteiger partial charge on any atom is 0.182 e. The lowest BCUT2D eigenvalue weighted by Gasteiger charge is -2.04. The van der Waals surface area contributed by atoms with Crippen LogP contribution in [0.4, 0.5) is 0 Å². The molecule has 0 amide bonds. The van der Waals surface area contributed by atoms with Gasteiger partial charge in [0, 0.05) is 13.0 Å². The van der Waals surface area contributed by atoms with Crippen LogP contribution in [0.15, 0.2) is 12.5 Å². The summed E-state index contributed by atoms with van der Waals surface area (Å²) in [6.07, 6.45) is 3.45. The van der Waals surface area contributed by atoms with E-state index in [1.165, 1.54) is 0 Å². The fourth-order valence-electron chi connectivity index (χ4n) is 1.26. The van der Waals surface area contributed by atoms with Crippen LogP contribution in [-0.4, -0.2) is 26.7 Å². The molecule has 0 fully saturated rings. The highest BCUT2D eigenvalue weighted by atomic mass is 15.4. The van der Waals surface area contributed by atoms with Crippen LogP contribution < -0.4 is 5.43 Å². The van der Waals surface area contributed by atoms with Gasteiger partial charge in [0.15, 0.2) is 5.65 Å². The van der Waals surface area contributed by atoms with Gasteiger partial charge in [0.1, 0.15) is 17.7 Å². The largest absolute Gasteiger partial charge is 0.326 e. The molecule has 0 aromatic carbocycles. The number of fused-ring (bicyclic) bond motifs is 1. The first-order chi connectivity index (χ1) is 6.72. The summed E-state index contributed by atoms with van der Waals surface area (Å²) in [5, 5.41) is 0. The molecule has 14 heavy (non-hydrogen) atoms. The monoisotopic (exact) mass is 191 g/mol. The average molecular weight is 191 g/mol. The molecule has 2 rings (SSSR count). The Bertz CT molecular complexity index is 445. The number of nitrogens with zero attached hydrogens (tertiary/aromatic N) is 4. The van der Waals surface area contributed by atoms with E-state index in [2.05, 4.69) is 34.2 Å². The molecule has 0 saturated heterocycles. The van der Waals surface area contributed by atoms with Gasteiger partial charge in [0.2, 0.25) is 0 Å². The number of rotatable bonds is 2. The third kappa shape index (κ3) is 1.30. The second-order valence-electron chi connectivity index (χ2n) is 3.43. The van der Waals surface area contributed by atoms with Crippen LogP contribution in [0, 0.1) is 0 Å². The fourth-order valence-corrected chi connectivity index (χ4v) is 1.26. The Morgan fingerprint density at radius 3 is 2.79 bits per heavy atom. The summed E-state index contributed by atoms with van der Waals surface area (Å²) in [6.45, 7) is 4.14. The number of nitrogens with one attached hydrogen (secondary N) is 1. The molecular weight excluding hydrogens is 178 g/mol. The summed E-state index contributed by atoms with van der Waals surface area (Å²) in [7, 11) is 1.83. The van der Waals surface area contributed by atoms with E-state index in [-0.39, 0.29) is 0 Å². The standard InChI is InChI=1S/C9H13N5/c1-6(2)8-11-4-7-9(13-8)14(10-3)5-12-7/h4-6,10H,1-3H3. The molecule has 2 aromatic heterocycles. The van der Waals surface area contributed by atoms with Crippen molar-refractivity contribution < 1.29 is 0 Å². The van der Waals surface area contributed by atoms with Gasteiger partial charge in [-0.05, 0) is 0 Å². The first kappa shape index (κ1) is 8.93. The Morgan fingerprint density at radius 1 is 1.36 bits per heavy atom. The molecule has 74 valence electrons. The van der Waals surface area contributed by atoms with Crippen molar-refractivity contribution in [3.05, 3.63) is 18.3 Å². The Balaban J connectivity index is 2.61. The van der Waals surface area contributed by atoms with Crippen molar-refractivity contribution in [2.45, 2.75) is 19.8 Å². The van der Waals surface area contributed by atoms with Gasteiger partial charge in [-0.15, -0.1) is 0 Å². The smallest absolute Gasteiger partial charge is 0.182 e. The maximum absolute atomic E-state index is 4.43. The van der Waals surface area contributed by atoms with Gasteiger partial charge < -0.3 is 5.43 Å². The number of hydrogen-bond donors (Lipinski definition) is 1. The zero-order valence-corrected chi connectivity index (χ0v) is 8.52. The van der Waals surface area contributed by atoms with Gasteiger partial charge in [-0.2, -0.15) is 0 Å².